The highest BCUT2D eigenvalue weighted by atomic mass is 32.2. The lowest BCUT2D eigenvalue weighted by molar-refractivity contribution is -0.146. The standard InChI is InChI=1S/C17H20N2O4S/c1-5-13-7-8-15-14(11-13)12-19(18-15)10-9-17(3,24(4,21)22)16(20)23-6-2/h1,7-8,11-12H,6,9-10H2,2-4H3. The van der Waals surface area contributed by atoms with Gasteiger partial charge in [-0.15, -0.1) is 6.42 Å². The number of fused-ring (bicyclic) bond motifs is 1. The Morgan fingerprint density at radius 1 is 1.46 bits per heavy atom. The van der Waals surface area contributed by atoms with Gasteiger partial charge in [0.05, 0.1) is 12.1 Å². The second-order valence-electron chi connectivity index (χ2n) is 5.78. The van der Waals surface area contributed by atoms with Crippen LogP contribution in [0.15, 0.2) is 24.4 Å². The topological polar surface area (TPSA) is 78.3 Å². The first-order chi connectivity index (χ1) is 11.2. The van der Waals surface area contributed by atoms with Crippen LogP contribution in [0.3, 0.4) is 0 Å². The maximum atomic E-state index is 12.1. The van der Waals surface area contributed by atoms with Crippen LogP contribution in [-0.4, -0.2) is 41.8 Å². The van der Waals surface area contributed by atoms with Gasteiger partial charge in [-0.25, -0.2) is 8.42 Å². The molecule has 1 unspecified atom stereocenters. The number of rotatable bonds is 6. The summed E-state index contributed by atoms with van der Waals surface area (Å²) in [5, 5.41) is 5.24. The predicted molar refractivity (Wildman–Crippen MR) is 92.2 cm³/mol. The van der Waals surface area contributed by atoms with Crippen LogP contribution in [0.1, 0.15) is 25.8 Å². The van der Waals surface area contributed by atoms with Gasteiger partial charge in [-0.3, -0.25) is 9.48 Å². The third-order valence-corrected chi connectivity index (χ3v) is 6.07. The maximum absolute atomic E-state index is 12.1. The Balaban J connectivity index is 2.26. The average molecular weight is 348 g/mol. The molecular weight excluding hydrogens is 328 g/mol. The minimum atomic E-state index is -3.64. The summed E-state index contributed by atoms with van der Waals surface area (Å²) in [6, 6.07) is 5.43. The third kappa shape index (κ3) is 3.44. The third-order valence-electron chi connectivity index (χ3n) is 4.06. The van der Waals surface area contributed by atoms with Crippen LogP contribution in [0.4, 0.5) is 0 Å². The zero-order chi connectivity index (χ0) is 18.0. The Kier molecular flexibility index (Phi) is 4.99. The van der Waals surface area contributed by atoms with Crippen molar-refractivity contribution in [2.75, 3.05) is 12.9 Å². The fourth-order valence-electron chi connectivity index (χ4n) is 2.33. The van der Waals surface area contributed by atoms with E-state index in [1.54, 1.807) is 23.9 Å². The van der Waals surface area contributed by atoms with Gasteiger partial charge >= 0.3 is 5.97 Å². The van der Waals surface area contributed by atoms with Gasteiger partial charge in [-0.1, -0.05) is 5.92 Å². The van der Waals surface area contributed by atoms with Crippen molar-refractivity contribution >= 4 is 26.7 Å². The number of esters is 1. The van der Waals surface area contributed by atoms with Gasteiger partial charge in [0.2, 0.25) is 0 Å². The minimum absolute atomic E-state index is 0.0701. The second-order valence-corrected chi connectivity index (χ2v) is 8.23. The molecule has 24 heavy (non-hydrogen) atoms. The Labute approximate surface area is 141 Å². The summed E-state index contributed by atoms with van der Waals surface area (Å²) in [5.74, 6) is 1.82. The van der Waals surface area contributed by atoms with Crippen molar-refractivity contribution in [2.45, 2.75) is 31.6 Å². The first kappa shape index (κ1) is 18.0. The number of aryl methyl sites for hydroxylation is 1. The van der Waals surface area contributed by atoms with Crippen LogP contribution >= 0.6 is 0 Å². The molecule has 6 nitrogen and oxygen atoms in total. The van der Waals surface area contributed by atoms with Gasteiger partial charge in [0.25, 0.3) is 0 Å². The van der Waals surface area contributed by atoms with E-state index in [1.807, 2.05) is 12.1 Å². The lowest BCUT2D eigenvalue weighted by Crippen LogP contribution is -2.45. The molecule has 128 valence electrons. The molecule has 2 rings (SSSR count). The molecule has 0 amide bonds. The molecule has 0 radical (unpaired) electrons. The first-order valence-corrected chi connectivity index (χ1v) is 9.41. The SMILES string of the molecule is C#Cc1ccc2nn(CCC(C)(C(=O)OCC)S(C)(=O)=O)cc2c1. The maximum Gasteiger partial charge on any atom is 0.327 e. The fourth-order valence-corrected chi connectivity index (χ4v) is 3.16. The van der Waals surface area contributed by atoms with Crippen molar-refractivity contribution in [2.24, 2.45) is 0 Å². The average Bonchev–Trinajstić information content (AvgIpc) is 2.93. The summed E-state index contributed by atoms with van der Waals surface area (Å²) in [5.41, 5.74) is 1.50. The summed E-state index contributed by atoms with van der Waals surface area (Å²) in [6.45, 7) is 3.43. The van der Waals surface area contributed by atoms with Gasteiger partial charge in [-0.05, 0) is 38.5 Å². The van der Waals surface area contributed by atoms with Gasteiger partial charge in [-0.2, -0.15) is 5.10 Å². The van der Waals surface area contributed by atoms with E-state index in [1.165, 1.54) is 6.92 Å². The molecule has 0 aliphatic rings. The smallest absolute Gasteiger partial charge is 0.327 e. The molecule has 0 saturated carbocycles. The number of terminal acetylenes is 1. The van der Waals surface area contributed by atoms with E-state index >= 15 is 0 Å². The molecule has 0 aliphatic heterocycles. The number of ether oxygens (including phenoxy) is 1. The van der Waals surface area contributed by atoms with Crippen LogP contribution in [0.5, 0.6) is 0 Å². The van der Waals surface area contributed by atoms with Crippen LogP contribution in [0.2, 0.25) is 0 Å². The van der Waals surface area contributed by atoms with Crippen molar-refractivity contribution in [1.29, 1.82) is 0 Å². The second kappa shape index (κ2) is 6.65. The summed E-state index contributed by atoms with van der Waals surface area (Å²) in [6.07, 6.45) is 8.27. The molecule has 0 fully saturated rings. The lowest BCUT2D eigenvalue weighted by atomic mass is 10.1. The molecule has 1 aromatic carbocycles. The molecule has 0 saturated heterocycles. The van der Waals surface area contributed by atoms with Crippen LogP contribution in [0.25, 0.3) is 10.9 Å². The van der Waals surface area contributed by atoms with Crippen LogP contribution in [-0.2, 0) is 25.9 Å². The molecule has 1 aromatic heterocycles. The molecule has 0 aliphatic carbocycles. The molecule has 7 heteroatoms. The molecule has 1 atom stereocenters. The van der Waals surface area contributed by atoms with E-state index in [0.29, 0.717) is 0 Å². The number of nitrogens with zero attached hydrogens (tertiary/aromatic N) is 2. The Morgan fingerprint density at radius 3 is 2.75 bits per heavy atom. The summed E-state index contributed by atoms with van der Waals surface area (Å²) in [4.78, 5) is 12.1. The normalized spacial score (nSPS) is 14.1. The highest BCUT2D eigenvalue weighted by Crippen LogP contribution is 2.24. The summed E-state index contributed by atoms with van der Waals surface area (Å²) < 4.78 is 29.1. The highest BCUT2D eigenvalue weighted by Gasteiger charge is 2.44. The molecule has 0 bridgehead atoms. The number of hydrogen-bond acceptors (Lipinski definition) is 5. The monoisotopic (exact) mass is 348 g/mol. The number of aromatic nitrogens is 2. The van der Waals surface area contributed by atoms with E-state index < -0.39 is 20.6 Å². The first-order valence-electron chi connectivity index (χ1n) is 7.52. The quantitative estimate of drug-likeness (QED) is 0.587. The molecule has 0 N–H and O–H groups in total. The zero-order valence-corrected chi connectivity index (χ0v) is 14.8. The number of hydrogen-bond donors (Lipinski definition) is 0. The van der Waals surface area contributed by atoms with E-state index in [4.69, 9.17) is 11.2 Å². The van der Waals surface area contributed by atoms with Crippen molar-refractivity contribution in [3.8, 4) is 12.3 Å². The Morgan fingerprint density at radius 2 is 2.17 bits per heavy atom. The summed E-state index contributed by atoms with van der Waals surface area (Å²) in [7, 11) is -3.64. The molecular formula is C17H20N2O4S. The van der Waals surface area contributed by atoms with Crippen molar-refractivity contribution in [1.82, 2.24) is 9.78 Å². The number of benzene rings is 1. The van der Waals surface area contributed by atoms with E-state index in [2.05, 4.69) is 11.0 Å². The highest BCUT2D eigenvalue weighted by molar-refractivity contribution is 7.92. The number of carbonyl (C=O) groups excluding carboxylic acids is 1. The summed E-state index contributed by atoms with van der Waals surface area (Å²) >= 11 is 0. The predicted octanol–water partition coefficient (Wildman–Crippen LogP) is 1.77. The molecule has 0 spiro atoms. The number of sulfone groups is 1. The van der Waals surface area contributed by atoms with Gasteiger partial charge in [0.15, 0.2) is 14.6 Å². The van der Waals surface area contributed by atoms with Crippen molar-refractivity contribution in [3.63, 3.8) is 0 Å². The van der Waals surface area contributed by atoms with Crippen LogP contribution < -0.4 is 0 Å². The van der Waals surface area contributed by atoms with Crippen LogP contribution in [0, 0.1) is 12.3 Å². The van der Waals surface area contributed by atoms with Crippen molar-refractivity contribution < 1.29 is 17.9 Å². The van der Waals surface area contributed by atoms with E-state index in [-0.39, 0.29) is 19.6 Å². The van der Waals surface area contributed by atoms with Gasteiger partial charge in [0.1, 0.15) is 0 Å². The van der Waals surface area contributed by atoms with Gasteiger partial charge in [0, 0.05) is 29.9 Å². The number of carbonyl (C=O) groups is 1. The molecule has 2 aromatic rings. The Hall–Kier alpha value is -2.33. The fraction of sp³-hybridized carbons (Fsp3) is 0.412. The van der Waals surface area contributed by atoms with Gasteiger partial charge < -0.3 is 4.74 Å². The minimum Gasteiger partial charge on any atom is -0.465 e. The zero-order valence-electron chi connectivity index (χ0n) is 13.9. The van der Waals surface area contributed by atoms with E-state index in [0.717, 1.165) is 22.7 Å². The van der Waals surface area contributed by atoms with Crippen molar-refractivity contribution in [3.05, 3.63) is 30.0 Å². The van der Waals surface area contributed by atoms with E-state index in [9.17, 15) is 13.2 Å². The Bertz CT molecular complexity index is 908. The molecule has 1 heterocycles. The largest absolute Gasteiger partial charge is 0.465 e. The lowest BCUT2D eigenvalue weighted by Gasteiger charge is -2.25.